The molecule has 0 aromatic heterocycles. The van der Waals surface area contributed by atoms with E-state index in [-0.39, 0.29) is 23.9 Å². The Balaban J connectivity index is 0.00000256. The summed E-state index contributed by atoms with van der Waals surface area (Å²) in [6, 6.07) is 4.76. The second-order valence-corrected chi connectivity index (χ2v) is 4.96. The number of halogens is 4. The van der Waals surface area contributed by atoms with Crippen LogP contribution in [0.5, 0.6) is 0 Å². The molecule has 5 heteroatoms. The van der Waals surface area contributed by atoms with Crippen LogP contribution in [0.3, 0.4) is 0 Å². The first-order valence-electron chi connectivity index (χ1n) is 5.05. The van der Waals surface area contributed by atoms with Crippen LogP contribution >= 0.6 is 12.4 Å². The van der Waals surface area contributed by atoms with Crippen LogP contribution in [-0.4, -0.2) is 0 Å². The summed E-state index contributed by atoms with van der Waals surface area (Å²) in [6.07, 6.45) is -4.29. The molecule has 1 nitrogen and oxygen atoms in total. The van der Waals surface area contributed by atoms with E-state index < -0.39 is 11.7 Å². The Morgan fingerprint density at radius 3 is 1.71 bits per heavy atom. The number of rotatable bonds is 1. The van der Waals surface area contributed by atoms with Gasteiger partial charge in [-0.2, -0.15) is 13.2 Å². The van der Waals surface area contributed by atoms with E-state index in [2.05, 4.69) is 0 Å². The molecule has 0 spiro atoms. The molecule has 0 saturated carbocycles. The molecule has 2 N–H and O–H groups in total. The lowest BCUT2D eigenvalue weighted by atomic mass is 9.83. The lowest BCUT2D eigenvalue weighted by Crippen LogP contribution is -2.26. The van der Waals surface area contributed by atoms with Crippen molar-refractivity contribution in [1.82, 2.24) is 0 Å². The summed E-state index contributed by atoms with van der Waals surface area (Å²) < 4.78 is 37.0. The zero-order chi connectivity index (χ0) is 12.6. The van der Waals surface area contributed by atoms with Crippen molar-refractivity contribution in [2.24, 2.45) is 11.1 Å². The normalized spacial score (nSPS) is 14.1. The van der Waals surface area contributed by atoms with Gasteiger partial charge in [-0.05, 0) is 23.1 Å². The zero-order valence-electron chi connectivity index (χ0n) is 10.0. The maximum Gasteiger partial charge on any atom is 0.416 e. The highest BCUT2D eigenvalue weighted by Crippen LogP contribution is 2.33. The van der Waals surface area contributed by atoms with Crippen LogP contribution in [0.4, 0.5) is 13.2 Å². The highest BCUT2D eigenvalue weighted by Gasteiger charge is 2.30. The fourth-order valence-corrected chi connectivity index (χ4v) is 1.38. The second kappa shape index (κ2) is 5.27. The van der Waals surface area contributed by atoms with Gasteiger partial charge in [0, 0.05) is 6.04 Å². The third kappa shape index (κ3) is 4.21. The Bertz CT molecular complexity index is 351. The standard InChI is InChI=1S/C12H16F3N.ClH/c1-11(2,3)10(16)8-4-6-9(7-5-8)12(13,14)15;/h4-7,10H,16H2,1-3H3;1H/t10-;/m0./s1. The Morgan fingerprint density at radius 2 is 1.41 bits per heavy atom. The van der Waals surface area contributed by atoms with Crippen molar-refractivity contribution in [3.8, 4) is 0 Å². The summed E-state index contributed by atoms with van der Waals surface area (Å²) in [6.45, 7) is 5.86. The highest BCUT2D eigenvalue weighted by molar-refractivity contribution is 5.85. The van der Waals surface area contributed by atoms with Crippen LogP contribution in [0.15, 0.2) is 24.3 Å². The maximum absolute atomic E-state index is 12.3. The molecule has 17 heavy (non-hydrogen) atoms. The molecular formula is C12H17ClF3N. The first-order valence-corrected chi connectivity index (χ1v) is 5.05. The van der Waals surface area contributed by atoms with Gasteiger partial charge in [0.2, 0.25) is 0 Å². The van der Waals surface area contributed by atoms with Crippen LogP contribution in [0.25, 0.3) is 0 Å². The van der Waals surface area contributed by atoms with Gasteiger partial charge >= 0.3 is 6.18 Å². The van der Waals surface area contributed by atoms with Crippen LogP contribution in [0.2, 0.25) is 0 Å². The summed E-state index contributed by atoms with van der Waals surface area (Å²) in [5, 5.41) is 0. The first-order chi connectivity index (χ1) is 7.12. The van der Waals surface area contributed by atoms with Crippen molar-refractivity contribution in [2.75, 3.05) is 0 Å². The van der Waals surface area contributed by atoms with E-state index in [4.69, 9.17) is 5.73 Å². The average Bonchev–Trinajstić information content (AvgIpc) is 2.14. The zero-order valence-corrected chi connectivity index (χ0v) is 10.8. The van der Waals surface area contributed by atoms with Crippen molar-refractivity contribution >= 4 is 12.4 Å². The van der Waals surface area contributed by atoms with E-state index in [1.807, 2.05) is 20.8 Å². The van der Waals surface area contributed by atoms with Crippen molar-refractivity contribution in [3.05, 3.63) is 35.4 Å². The molecule has 0 bridgehead atoms. The van der Waals surface area contributed by atoms with Crippen LogP contribution in [0, 0.1) is 5.41 Å². The fourth-order valence-electron chi connectivity index (χ4n) is 1.38. The predicted molar refractivity (Wildman–Crippen MR) is 65.1 cm³/mol. The molecule has 1 aromatic rings. The topological polar surface area (TPSA) is 26.0 Å². The summed E-state index contributed by atoms with van der Waals surface area (Å²) in [5.74, 6) is 0. The molecule has 0 heterocycles. The van der Waals surface area contributed by atoms with Gasteiger partial charge in [-0.25, -0.2) is 0 Å². The van der Waals surface area contributed by atoms with Gasteiger partial charge in [0.1, 0.15) is 0 Å². The predicted octanol–water partition coefficient (Wildman–Crippen LogP) is 4.17. The molecule has 1 rings (SSSR count). The molecule has 0 aliphatic rings. The van der Waals surface area contributed by atoms with Gasteiger partial charge in [0.15, 0.2) is 0 Å². The second-order valence-electron chi connectivity index (χ2n) is 4.96. The summed E-state index contributed by atoms with van der Waals surface area (Å²) in [5.41, 5.74) is 5.86. The van der Waals surface area contributed by atoms with Gasteiger partial charge in [0.25, 0.3) is 0 Å². The molecule has 98 valence electrons. The van der Waals surface area contributed by atoms with Crippen molar-refractivity contribution < 1.29 is 13.2 Å². The molecule has 1 aromatic carbocycles. The van der Waals surface area contributed by atoms with E-state index in [0.29, 0.717) is 0 Å². The molecule has 0 saturated heterocycles. The van der Waals surface area contributed by atoms with Gasteiger partial charge < -0.3 is 5.73 Å². The first kappa shape index (κ1) is 16.3. The van der Waals surface area contributed by atoms with E-state index in [9.17, 15) is 13.2 Å². The summed E-state index contributed by atoms with van der Waals surface area (Å²) in [4.78, 5) is 0. The number of benzene rings is 1. The van der Waals surface area contributed by atoms with E-state index in [1.54, 1.807) is 0 Å². The Kier molecular flexibility index (Phi) is 5.04. The number of alkyl halides is 3. The van der Waals surface area contributed by atoms with Crippen LogP contribution < -0.4 is 5.73 Å². The lowest BCUT2D eigenvalue weighted by Gasteiger charge is -2.27. The monoisotopic (exact) mass is 267 g/mol. The van der Waals surface area contributed by atoms with Gasteiger partial charge in [-0.1, -0.05) is 32.9 Å². The molecule has 0 amide bonds. The molecule has 0 aliphatic heterocycles. The quantitative estimate of drug-likeness (QED) is 0.812. The number of hydrogen-bond acceptors (Lipinski definition) is 1. The Hall–Kier alpha value is -0.740. The van der Waals surface area contributed by atoms with Crippen molar-refractivity contribution in [3.63, 3.8) is 0 Å². The minimum atomic E-state index is -4.29. The molecule has 0 aliphatic carbocycles. The van der Waals surface area contributed by atoms with Crippen LogP contribution in [0.1, 0.15) is 37.9 Å². The minimum Gasteiger partial charge on any atom is -0.324 e. The Morgan fingerprint density at radius 1 is 1.00 bits per heavy atom. The summed E-state index contributed by atoms with van der Waals surface area (Å²) in [7, 11) is 0. The van der Waals surface area contributed by atoms with E-state index >= 15 is 0 Å². The molecule has 1 atom stereocenters. The lowest BCUT2D eigenvalue weighted by molar-refractivity contribution is -0.137. The molecular weight excluding hydrogens is 251 g/mol. The van der Waals surface area contributed by atoms with Crippen LogP contribution in [-0.2, 0) is 6.18 Å². The molecule has 0 radical (unpaired) electrons. The molecule has 0 fully saturated rings. The smallest absolute Gasteiger partial charge is 0.324 e. The van der Waals surface area contributed by atoms with Gasteiger partial charge in [-0.15, -0.1) is 12.4 Å². The third-order valence-corrected chi connectivity index (χ3v) is 2.53. The van der Waals surface area contributed by atoms with Gasteiger partial charge in [-0.3, -0.25) is 0 Å². The Labute approximate surface area is 106 Å². The largest absolute Gasteiger partial charge is 0.416 e. The van der Waals surface area contributed by atoms with E-state index in [1.165, 1.54) is 12.1 Å². The van der Waals surface area contributed by atoms with Crippen molar-refractivity contribution in [2.45, 2.75) is 33.0 Å². The van der Waals surface area contributed by atoms with E-state index in [0.717, 1.165) is 17.7 Å². The maximum atomic E-state index is 12.3. The SMILES string of the molecule is CC(C)(C)[C@@H](N)c1ccc(C(F)(F)F)cc1.Cl. The minimum absolute atomic E-state index is 0. The third-order valence-electron chi connectivity index (χ3n) is 2.53. The number of hydrogen-bond donors (Lipinski definition) is 1. The fraction of sp³-hybridized carbons (Fsp3) is 0.500. The number of nitrogens with two attached hydrogens (primary N) is 1. The summed E-state index contributed by atoms with van der Waals surface area (Å²) >= 11 is 0. The molecule has 0 unspecified atom stereocenters. The van der Waals surface area contributed by atoms with Gasteiger partial charge in [0.05, 0.1) is 5.56 Å². The highest BCUT2D eigenvalue weighted by atomic mass is 35.5. The average molecular weight is 268 g/mol. The van der Waals surface area contributed by atoms with Crippen molar-refractivity contribution in [1.29, 1.82) is 0 Å².